The number of ketones is 1. The molecular formula is C29H26F2N2O6. The van der Waals surface area contributed by atoms with Crippen LogP contribution in [-0.4, -0.2) is 50.7 Å². The molecule has 0 aromatic heterocycles. The van der Waals surface area contributed by atoms with E-state index in [4.69, 9.17) is 14.2 Å². The number of benzene rings is 3. The van der Waals surface area contributed by atoms with Crippen molar-refractivity contribution in [1.82, 2.24) is 0 Å². The number of halogens is 2. The molecule has 2 aliphatic rings. The molecule has 0 aliphatic carbocycles. The van der Waals surface area contributed by atoms with Crippen molar-refractivity contribution in [2.75, 3.05) is 43.7 Å². The van der Waals surface area contributed by atoms with Gasteiger partial charge in [-0.15, -0.1) is 0 Å². The number of carbonyl (C=O) groups excluding carboxylic acids is 2. The number of aliphatic hydroxyl groups is 1. The van der Waals surface area contributed by atoms with Gasteiger partial charge in [0.05, 0.1) is 37.6 Å². The number of anilines is 2. The van der Waals surface area contributed by atoms with E-state index in [1.54, 1.807) is 43.3 Å². The van der Waals surface area contributed by atoms with Crippen LogP contribution < -0.4 is 24.0 Å². The van der Waals surface area contributed by atoms with Crippen LogP contribution in [0.4, 0.5) is 20.2 Å². The number of aliphatic hydroxyl groups excluding tert-OH is 1. The lowest BCUT2D eigenvalue weighted by Crippen LogP contribution is -2.29. The molecule has 1 atom stereocenters. The molecule has 0 spiro atoms. The van der Waals surface area contributed by atoms with Crippen LogP contribution in [0.1, 0.15) is 24.1 Å². The van der Waals surface area contributed by atoms with Gasteiger partial charge in [-0.05, 0) is 55.0 Å². The van der Waals surface area contributed by atoms with Crippen molar-refractivity contribution in [2.24, 2.45) is 0 Å². The summed E-state index contributed by atoms with van der Waals surface area (Å²) in [5.74, 6) is -3.29. The predicted molar refractivity (Wildman–Crippen MR) is 141 cm³/mol. The second kappa shape index (κ2) is 10.3. The van der Waals surface area contributed by atoms with Crippen molar-refractivity contribution in [1.29, 1.82) is 0 Å². The Labute approximate surface area is 223 Å². The van der Waals surface area contributed by atoms with Crippen molar-refractivity contribution < 1.29 is 37.7 Å². The lowest BCUT2D eigenvalue weighted by Gasteiger charge is -2.28. The standard InChI is InChI=1S/C29H26F2N2O6/c1-4-38-24-14-16(5-10-23(24)37-3)26-25(27(34)17-6-9-22-21(13-17)32(2)11-12-39-22)28(35)29(36)33(26)18-7-8-19(30)20(31)15-18/h5-10,13-15,26,34H,4,11-12H2,1-3H3/b27-25+. The van der Waals surface area contributed by atoms with Crippen molar-refractivity contribution in [3.8, 4) is 17.2 Å². The summed E-state index contributed by atoms with van der Waals surface area (Å²) < 4.78 is 44.7. The Morgan fingerprint density at radius 2 is 1.85 bits per heavy atom. The molecule has 5 rings (SSSR count). The number of likely N-dealkylation sites (N-methyl/N-ethyl adjacent to an activating group) is 1. The summed E-state index contributed by atoms with van der Waals surface area (Å²) in [6.45, 7) is 3.24. The Kier molecular flexibility index (Phi) is 6.86. The van der Waals surface area contributed by atoms with Crippen molar-refractivity contribution in [2.45, 2.75) is 13.0 Å². The van der Waals surface area contributed by atoms with Crippen LogP contribution >= 0.6 is 0 Å². The van der Waals surface area contributed by atoms with Crippen molar-refractivity contribution >= 4 is 28.8 Å². The highest BCUT2D eigenvalue weighted by atomic mass is 19.2. The number of hydrogen-bond acceptors (Lipinski definition) is 7. The summed E-state index contributed by atoms with van der Waals surface area (Å²) in [7, 11) is 3.35. The summed E-state index contributed by atoms with van der Waals surface area (Å²) in [6.07, 6.45) is 0. The first-order valence-electron chi connectivity index (χ1n) is 12.3. The Bertz CT molecular complexity index is 1510. The topological polar surface area (TPSA) is 88.5 Å². The molecule has 3 aromatic carbocycles. The predicted octanol–water partition coefficient (Wildman–Crippen LogP) is 4.83. The quantitative estimate of drug-likeness (QED) is 0.274. The summed E-state index contributed by atoms with van der Waals surface area (Å²) in [4.78, 5) is 29.8. The third-order valence-corrected chi connectivity index (χ3v) is 6.76. The van der Waals surface area contributed by atoms with Crippen LogP contribution in [0.3, 0.4) is 0 Å². The largest absolute Gasteiger partial charge is 0.507 e. The zero-order chi connectivity index (χ0) is 27.8. The van der Waals surface area contributed by atoms with Crippen molar-refractivity contribution in [3.63, 3.8) is 0 Å². The van der Waals surface area contributed by atoms with Gasteiger partial charge in [0.25, 0.3) is 11.7 Å². The van der Waals surface area contributed by atoms with Gasteiger partial charge in [0, 0.05) is 24.4 Å². The Morgan fingerprint density at radius 1 is 1.05 bits per heavy atom. The third kappa shape index (κ3) is 4.52. The summed E-state index contributed by atoms with van der Waals surface area (Å²) in [6, 6.07) is 11.5. The maximum atomic E-state index is 14.3. The van der Waals surface area contributed by atoms with E-state index in [-0.39, 0.29) is 16.8 Å². The van der Waals surface area contributed by atoms with Gasteiger partial charge in [-0.1, -0.05) is 6.07 Å². The number of methoxy groups -OCH3 is 1. The van der Waals surface area contributed by atoms with E-state index < -0.39 is 35.1 Å². The van der Waals surface area contributed by atoms with E-state index >= 15 is 0 Å². The number of hydrogen-bond donors (Lipinski definition) is 1. The van der Waals surface area contributed by atoms with Gasteiger partial charge in [-0.25, -0.2) is 8.78 Å². The van der Waals surface area contributed by atoms with Crippen LogP contribution in [-0.2, 0) is 9.59 Å². The summed E-state index contributed by atoms with van der Waals surface area (Å²) in [5, 5.41) is 11.5. The van der Waals surface area contributed by atoms with E-state index in [1.807, 2.05) is 11.9 Å². The molecule has 1 fully saturated rings. The first-order valence-corrected chi connectivity index (χ1v) is 12.3. The molecule has 10 heteroatoms. The molecule has 1 unspecified atom stereocenters. The minimum Gasteiger partial charge on any atom is -0.507 e. The van der Waals surface area contributed by atoms with Crippen LogP contribution in [0.25, 0.3) is 5.76 Å². The number of nitrogens with zero attached hydrogens (tertiary/aromatic N) is 2. The summed E-state index contributed by atoms with van der Waals surface area (Å²) >= 11 is 0. The Hall–Kier alpha value is -4.60. The average molecular weight is 537 g/mol. The van der Waals surface area contributed by atoms with Crippen molar-refractivity contribution in [3.05, 3.63) is 82.9 Å². The molecule has 3 aromatic rings. The lowest BCUT2D eigenvalue weighted by molar-refractivity contribution is -0.132. The van der Waals surface area contributed by atoms with E-state index in [1.165, 1.54) is 13.2 Å². The SMILES string of the molecule is CCOc1cc(C2/C(=C(\O)c3ccc4c(c3)N(C)CCO4)C(=O)C(=O)N2c2ccc(F)c(F)c2)ccc1OC. The van der Waals surface area contributed by atoms with Gasteiger partial charge in [0.15, 0.2) is 23.1 Å². The smallest absolute Gasteiger partial charge is 0.300 e. The molecule has 202 valence electrons. The van der Waals surface area contributed by atoms with E-state index in [9.17, 15) is 23.5 Å². The molecule has 39 heavy (non-hydrogen) atoms. The normalized spacial score (nSPS) is 18.1. The minimum absolute atomic E-state index is 0.0487. The molecular weight excluding hydrogens is 510 g/mol. The highest BCUT2D eigenvalue weighted by Crippen LogP contribution is 2.45. The van der Waals surface area contributed by atoms with Crippen LogP contribution in [0, 0.1) is 11.6 Å². The molecule has 2 heterocycles. The highest BCUT2D eigenvalue weighted by Gasteiger charge is 2.47. The molecule has 0 saturated carbocycles. The summed E-state index contributed by atoms with van der Waals surface area (Å²) in [5.41, 5.74) is 1.13. The molecule has 1 amide bonds. The molecule has 2 aliphatic heterocycles. The molecule has 0 bridgehead atoms. The van der Waals surface area contributed by atoms with Gasteiger partial charge < -0.3 is 24.2 Å². The number of rotatable bonds is 6. The molecule has 0 radical (unpaired) electrons. The average Bonchev–Trinajstić information content (AvgIpc) is 3.20. The second-order valence-electron chi connectivity index (χ2n) is 9.06. The maximum absolute atomic E-state index is 14.3. The number of Topliss-reactive ketones (excluding diaryl/α,β-unsaturated/α-hetero) is 1. The molecule has 1 saturated heterocycles. The van der Waals surface area contributed by atoms with Gasteiger partial charge in [-0.2, -0.15) is 0 Å². The zero-order valence-corrected chi connectivity index (χ0v) is 21.5. The molecule has 8 nitrogen and oxygen atoms in total. The number of carbonyl (C=O) groups is 2. The fourth-order valence-electron chi connectivity index (χ4n) is 4.83. The van der Waals surface area contributed by atoms with Gasteiger partial charge >= 0.3 is 0 Å². The number of ether oxygens (including phenoxy) is 3. The van der Waals surface area contributed by atoms with Gasteiger partial charge in [0.2, 0.25) is 0 Å². The van der Waals surface area contributed by atoms with Crippen LogP contribution in [0.5, 0.6) is 17.2 Å². The first kappa shape index (κ1) is 26.0. The Balaban J connectivity index is 1.72. The van der Waals surface area contributed by atoms with E-state index in [0.717, 1.165) is 17.0 Å². The fourth-order valence-corrected chi connectivity index (χ4v) is 4.83. The minimum atomic E-state index is -1.18. The monoisotopic (exact) mass is 536 g/mol. The number of fused-ring (bicyclic) bond motifs is 1. The van der Waals surface area contributed by atoms with Crippen LogP contribution in [0.15, 0.2) is 60.2 Å². The zero-order valence-electron chi connectivity index (χ0n) is 21.5. The van der Waals surface area contributed by atoms with Crippen LogP contribution in [0.2, 0.25) is 0 Å². The van der Waals surface area contributed by atoms with E-state index in [0.29, 0.717) is 48.3 Å². The third-order valence-electron chi connectivity index (χ3n) is 6.76. The highest BCUT2D eigenvalue weighted by molar-refractivity contribution is 6.51. The first-order chi connectivity index (χ1) is 18.7. The number of amides is 1. The van der Waals surface area contributed by atoms with Gasteiger partial charge in [-0.3, -0.25) is 14.5 Å². The fraction of sp³-hybridized carbons (Fsp3) is 0.241. The molecule has 1 N–H and O–H groups in total. The maximum Gasteiger partial charge on any atom is 0.300 e. The lowest BCUT2D eigenvalue weighted by atomic mass is 9.94. The Morgan fingerprint density at radius 3 is 2.56 bits per heavy atom. The van der Waals surface area contributed by atoms with Gasteiger partial charge in [0.1, 0.15) is 18.1 Å². The second-order valence-corrected chi connectivity index (χ2v) is 9.06. The van der Waals surface area contributed by atoms with E-state index in [2.05, 4.69) is 0 Å².